The van der Waals surface area contributed by atoms with E-state index in [2.05, 4.69) is 15.6 Å². The van der Waals surface area contributed by atoms with E-state index in [0.717, 1.165) is 15.3 Å². The Balaban J connectivity index is 0.00000180. The Morgan fingerprint density at radius 1 is 1.42 bits per heavy atom. The summed E-state index contributed by atoms with van der Waals surface area (Å²) in [6, 6.07) is 7.51. The number of carbonyl (C=O) groups is 1. The highest BCUT2D eigenvalue weighted by Gasteiger charge is 2.06. The number of fused-ring (bicyclic) bond motifs is 1. The van der Waals surface area contributed by atoms with Crippen LogP contribution >= 0.6 is 23.7 Å². The van der Waals surface area contributed by atoms with Crippen LogP contribution in [0.2, 0.25) is 0 Å². The summed E-state index contributed by atoms with van der Waals surface area (Å²) in [6.45, 7) is 2.84. The van der Waals surface area contributed by atoms with Crippen LogP contribution in [0.1, 0.15) is 6.92 Å². The first-order chi connectivity index (χ1) is 8.66. The molecule has 104 valence electrons. The molecule has 19 heavy (non-hydrogen) atoms. The highest BCUT2D eigenvalue weighted by molar-refractivity contribution is 7.22. The summed E-state index contributed by atoms with van der Waals surface area (Å²) in [6.07, 6.45) is 0. The van der Waals surface area contributed by atoms with Gasteiger partial charge < -0.3 is 16.4 Å². The van der Waals surface area contributed by atoms with Crippen LogP contribution in [-0.4, -0.2) is 30.0 Å². The molecule has 0 bridgehead atoms. The second-order valence-electron chi connectivity index (χ2n) is 3.99. The molecule has 1 aromatic carbocycles. The number of nitrogens with zero attached hydrogens (tertiary/aromatic N) is 1. The first-order valence-corrected chi connectivity index (χ1v) is 6.61. The number of rotatable bonds is 5. The van der Waals surface area contributed by atoms with Crippen LogP contribution in [0.3, 0.4) is 0 Å². The first kappa shape index (κ1) is 15.7. The van der Waals surface area contributed by atoms with Crippen molar-refractivity contribution in [2.24, 2.45) is 5.73 Å². The number of carbonyl (C=O) groups excluding carboxylic acids is 1. The average Bonchev–Trinajstić information content (AvgIpc) is 2.76. The number of halogens is 1. The van der Waals surface area contributed by atoms with Gasteiger partial charge in [0.2, 0.25) is 5.91 Å². The molecule has 1 unspecified atom stereocenters. The van der Waals surface area contributed by atoms with Gasteiger partial charge in [-0.3, -0.25) is 4.79 Å². The lowest BCUT2D eigenvalue weighted by molar-refractivity contribution is -0.121. The molecular formula is C12H17ClN4OS. The van der Waals surface area contributed by atoms with Crippen LogP contribution in [0.5, 0.6) is 0 Å². The van der Waals surface area contributed by atoms with E-state index in [9.17, 15) is 4.79 Å². The normalized spacial score (nSPS) is 11.7. The molecule has 0 aliphatic carbocycles. The van der Waals surface area contributed by atoms with Crippen LogP contribution in [0.4, 0.5) is 5.13 Å². The van der Waals surface area contributed by atoms with Crippen LogP contribution < -0.4 is 16.4 Å². The Kier molecular flexibility index (Phi) is 6.01. The molecular weight excluding hydrogens is 284 g/mol. The predicted octanol–water partition coefficient (Wildman–Crippen LogP) is 1.59. The minimum Gasteiger partial charge on any atom is -0.360 e. The first-order valence-electron chi connectivity index (χ1n) is 5.79. The Labute approximate surface area is 122 Å². The number of hydrogen-bond acceptors (Lipinski definition) is 5. The number of nitrogens with two attached hydrogens (primary N) is 1. The van der Waals surface area contributed by atoms with Gasteiger partial charge in [0.15, 0.2) is 5.13 Å². The maximum atomic E-state index is 11.2. The zero-order valence-corrected chi connectivity index (χ0v) is 12.2. The number of benzene rings is 1. The summed E-state index contributed by atoms with van der Waals surface area (Å²) in [5.74, 6) is -0.138. The van der Waals surface area contributed by atoms with Gasteiger partial charge in [0.1, 0.15) is 0 Å². The second kappa shape index (κ2) is 7.28. The summed E-state index contributed by atoms with van der Waals surface area (Å²) >= 11 is 1.60. The minimum absolute atomic E-state index is 0. The van der Waals surface area contributed by atoms with E-state index >= 15 is 0 Å². The third-order valence-corrected chi connectivity index (χ3v) is 3.40. The van der Waals surface area contributed by atoms with Gasteiger partial charge in [0, 0.05) is 13.1 Å². The van der Waals surface area contributed by atoms with Crippen molar-refractivity contribution in [2.45, 2.75) is 13.0 Å². The molecule has 0 radical (unpaired) electrons. The van der Waals surface area contributed by atoms with Crippen LogP contribution in [0.15, 0.2) is 24.3 Å². The zero-order chi connectivity index (χ0) is 13.0. The molecule has 4 N–H and O–H groups in total. The number of nitrogens with one attached hydrogen (secondary N) is 2. The molecule has 5 nitrogen and oxygen atoms in total. The third-order valence-electron chi connectivity index (χ3n) is 2.41. The molecule has 2 aromatic rings. The van der Waals surface area contributed by atoms with E-state index < -0.39 is 6.04 Å². The lowest BCUT2D eigenvalue weighted by Gasteiger charge is -2.07. The molecule has 7 heteroatoms. The number of hydrogen-bond donors (Lipinski definition) is 3. The number of aromatic nitrogens is 1. The highest BCUT2D eigenvalue weighted by Crippen LogP contribution is 2.24. The van der Waals surface area contributed by atoms with Crippen molar-refractivity contribution in [2.75, 3.05) is 18.4 Å². The summed E-state index contributed by atoms with van der Waals surface area (Å²) in [5, 5.41) is 6.78. The van der Waals surface area contributed by atoms with Gasteiger partial charge in [-0.15, -0.1) is 12.4 Å². The topological polar surface area (TPSA) is 80.0 Å². The molecule has 0 saturated heterocycles. The highest BCUT2D eigenvalue weighted by atomic mass is 35.5. The largest absolute Gasteiger partial charge is 0.360 e. The SMILES string of the molecule is CC(N)C(=O)NCCNc1nc2ccccc2s1.Cl. The quantitative estimate of drug-likeness (QED) is 0.733. The van der Waals surface area contributed by atoms with Crippen molar-refractivity contribution < 1.29 is 4.79 Å². The fourth-order valence-corrected chi connectivity index (χ4v) is 2.36. The predicted molar refractivity (Wildman–Crippen MR) is 82.0 cm³/mol. The lowest BCUT2D eigenvalue weighted by atomic mass is 10.3. The van der Waals surface area contributed by atoms with Gasteiger partial charge in [0.05, 0.1) is 16.3 Å². The van der Waals surface area contributed by atoms with Gasteiger partial charge in [-0.05, 0) is 19.1 Å². The number of amides is 1. The molecule has 0 saturated carbocycles. The molecule has 1 atom stereocenters. The van der Waals surface area contributed by atoms with Gasteiger partial charge >= 0.3 is 0 Å². The van der Waals surface area contributed by atoms with Gasteiger partial charge in [0.25, 0.3) is 0 Å². The standard InChI is InChI=1S/C12H16N4OS.ClH/c1-8(13)11(17)14-6-7-15-12-16-9-4-2-3-5-10(9)18-12;/h2-5,8H,6-7,13H2,1H3,(H,14,17)(H,15,16);1H. The zero-order valence-electron chi connectivity index (χ0n) is 10.6. The van der Waals surface area contributed by atoms with E-state index in [0.29, 0.717) is 13.1 Å². The maximum absolute atomic E-state index is 11.2. The third kappa shape index (κ3) is 4.34. The Bertz CT molecular complexity index is 510. The van der Waals surface area contributed by atoms with E-state index in [1.807, 2.05) is 24.3 Å². The summed E-state index contributed by atoms with van der Waals surface area (Å²) < 4.78 is 1.15. The molecule has 0 spiro atoms. The van der Waals surface area contributed by atoms with Crippen molar-refractivity contribution in [1.82, 2.24) is 10.3 Å². The second-order valence-corrected chi connectivity index (χ2v) is 5.02. The Morgan fingerprint density at radius 2 is 2.16 bits per heavy atom. The molecule has 1 amide bonds. The summed E-state index contributed by atoms with van der Waals surface area (Å²) in [7, 11) is 0. The van der Waals surface area contributed by atoms with E-state index in [-0.39, 0.29) is 18.3 Å². The van der Waals surface area contributed by atoms with E-state index in [1.165, 1.54) is 0 Å². The monoisotopic (exact) mass is 300 g/mol. The fraction of sp³-hybridized carbons (Fsp3) is 0.333. The van der Waals surface area contributed by atoms with Crippen molar-refractivity contribution in [3.63, 3.8) is 0 Å². The molecule has 1 heterocycles. The van der Waals surface area contributed by atoms with Gasteiger partial charge in [-0.25, -0.2) is 4.98 Å². The van der Waals surface area contributed by atoms with Crippen molar-refractivity contribution in [1.29, 1.82) is 0 Å². The lowest BCUT2D eigenvalue weighted by Crippen LogP contribution is -2.40. The number of anilines is 1. The van der Waals surface area contributed by atoms with Crippen LogP contribution in [-0.2, 0) is 4.79 Å². The van der Waals surface area contributed by atoms with Crippen molar-refractivity contribution in [3.8, 4) is 0 Å². The molecule has 2 rings (SSSR count). The molecule has 0 aliphatic rings. The number of thiazole rings is 1. The minimum atomic E-state index is -0.465. The van der Waals surface area contributed by atoms with Gasteiger partial charge in [-0.2, -0.15) is 0 Å². The maximum Gasteiger partial charge on any atom is 0.236 e. The summed E-state index contributed by atoms with van der Waals surface area (Å²) in [4.78, 5) is 15.7. The number of para-hydroxylation sites is 1. The van der Waals surface area contributed by atoms with E-state index in [4.69, 9.17) is 5.73 Å². The van der Waals surface area contributed by atoms with Crippen LogP contribution in [0.25, 0.3) is 10.2 Å². The molecule has 0 fully saturated rings. The summed E-state index contributed by atoms with van der Waals surface area (Å²) in [5.41, 5.74) is 6.43. The van der Waals surface area contributed by atoms with Crippen molar-refractivity contribution >= 4 is 45.0 Å². The van der Waals surface area contributed by atoms with Gasteiger partial charge in [-0.1, -0.05) is 23.5 Å². The Morgan fingerprint density at radius 3 is 2.84 bits per heavy atom. The van der Waals surface area contributed by atoms with E-state index in [1.54, 1.807) is 18.3 Å². The van der Waals surface area contributed by atoms with Crippen LogP contribution in [0, 0.1) is 0 Å². The molecule has 1 aromatic heterocycles. The molecule has 0 aliphatic heterocycles. The fourth-order valence-electron chi connectivity index (χ4n) is 1.46. The average molecular weight is 301 g/mol. The van der Waals surface area contributed by atoms with Crippen molar-refractivity contribution in [3.05, 3.63) is 24.3 Å². The Hall–Kier alpha value is -1.37. The smallest absolute Gasteiger partial charge is 0.236 e.